The van der Waals surface area contributed by atoms with E-state index in [0.717, 1.165) is 0 Å². The number of benzene rings is 2. The molecule has 0 amide bonds. The molecule has 3 N–H and O–H groups in total. The lowest BCUT2D eigenvalue weighted by Crippen LogP contribution is -2.50. The number of nitro groups is 1. The minimum absolute atomic E-state index is 0.00653. The number of pyridine rings is 1. The second kappa shape index (κ2) is 11.8. The van der Waals surface area contributed by atoms with Crippen LogP contribution >= 0.6 is 23.2 Å². The Morgan fingerprint density at radius 2 is 1.75 bits per heavy atom. The summed E-state index contributed by atoms with van der Waals surface area (Å²) in [5.41, 5.74) is 1.51. The predicted molar refractivity (Wildman–Crippen MR) is 152 cm³/mol. The normalized spacial score (nSPS) is 12.8. The Kier molecular flexibility index (Phi) is 8.01. The molecule has 3 heterocycles. The molecule has 0 spiro atoms. The zero-order valence-corrected chi connectivity index (χ0v) is 22.8. The summed E-state index contributed by atoms with van der Waals surface area (Å²) in [6.45, 7) is 1.40. The van der Waals surface area contributed by atoms with Gasteiger partial charge in [-0.3, -0.25) is 10.1 Å². The van der Waals surface area contributed by atoms with Crippen molar-refractivity contribution in [3.05, 3.63) is 75.1 Å². The summed E-state index contributed by atoms with van der Waals surface area (Å²) in [4.78, 5) is 24.4. The number of anilines is 4. The molecule has 1 aliphatic heterocycles. The lowest BCUT2D eigenvalue weighted by molar-refractivity contribution is -0.384. The summed E-state index contributed by atoms with van der Waals surface area (Å²) in [6.07, 6.45) is 2.93. The van der Waals surface area contributed by atoms with Crippen LogP contribution in [0, 0.1) is 10.1 Å². The summed E-state index contributed by atoms with van der Waals surface area (Å²) in [5.74, 6) is 1.87. The van der Waals surface area contributed by atoms with Crippen LogP contribution in [-0.2, 0) is 0 Å². The van der Waals surface area contributed by atoms with E-state index in [-0.39, 0.29) is 27.5 Å². The average molecular weight is 584 g/mol. The molecule has 40 heavy (non-hydrogen) atoms. The van der Waals surface area contributed by atoms with Crippen LogP contribution in [0.4, 0.5) is 28.7 Å². The molecule has 0 atom stereocenters. The molecule has 0 unspecified atom stereocenters. The Bertz CT molecular complexity index is 1540. The average Bonchev–Trinajstić information content (AvgIpc) is 2.94. The van der Waals surface area contributed by atoms with Gasteiger partial charge in [-0.2, -0.15) is 0 Å². The number of hydrogen-bond acceptors (Lipinski definition) is 11. The summed E-state index contributed by atoms with van der Waals surface area (Å²) in [6, 6.07) is 11.4. The van der Waals surface area contributed by atoms with Crippen molar-refractivity contribution in [1.82, 2.24) is 20.3 Å². The van der Waals surface area contributed by atoms with E-state index in [2.05, 4.69) is 30.9 Å². The van der Waals surface area contributed by atoms with Gasteiger partial charge in [-0.05, 0) is 24.3 Å². The second-order valence-corrected chi connectivity index (χ2v) is 9.31. The van der Waals surface area contributed by atoms with Crippen LogP contribution < -0.4 is 30.2 Å². The van der Waals surface area contributed by atoms with Gasteiger partial charge in [0.05, 0.1) is 36.6 Å². The van der Waals surface area contributed by atoms with Crippen LogP contribution in [0.15, 0.2) is 55.0 Å². The number of aromatic nitrogens is 3. The van der Waals surface area contributed by atoms with Crippen molar-refractivity contribution in [3.8, 4) is 28.5 Å². The molecule has 14 heteroatoms. The fraction of sp³-hybridized carbons (Fsp3) is 0.192. The SMILES string of the molecule is COc1cc(OC)c(Cl)c(Nc2ncccc2-c2cc(Nc3ccc(OC4CNC4)cc3[N+](=O)[O-])ncn2)c1Cl. The Morgan fingerprint density at radius 1 is 1.00 bits per heavy atom. The minimum Gasteiger partial charge on any atom is -0.495 e. The molecule has 12 nitrogen and oxygen atoms in total. The molecule has 0 aliphatic carbocycles. The number of nitro benzene ring substituents is 1. The first-order valence-electron chi connectivity index (χ1n) is 11.9. The van der Waals surface area contributed by atoms with Gasteiger partial charge in [-0.15, -0.1) is 0 Å². The molecule has 0 saturated carbocycles. The van der Waals surface area contributed by atoms with Crippen molar-refractivity contribution in [2.75, 3.05) is 37.9 Å². The van der Waals surface area contributed by atoms with Crippen LogP contribution in [-0.4, -0.2) is 53.3 Å². The Hall–Kier alpha value is -4.39. The van der Waals surface area contributed by atoms with E-state index in [1.54, 1.807) is 42.6 Å². The number of rotatable bonds is 10. The molecular weight excluding hydrogens is 561 g/mol. The second-order valence-electron chi connectivity index (χ2n) is 8.56. The van der Waals surface area contributed by atoms with E-state index in [1.165, 1.54) is 26.6 Å². The lowest BCUT2D eigenvalue weighted by atomic mass is 10.1. The first-order chi connectivity index (χ1) is 19.4. The van der Waals surface area contributed by atoms with Gasteiger partial charge >= 0.3 is 0 Å². The number of ether oxygens (including phenoxy) is 3. The van der Waals surface area contributed by atoms with Crippen LogP contribution in [0.2, 0.25) is 10.0 Å². The van der Waals surface area contributed by atoms with Gasteiger partial charge in [0.25, 0.3) is 5.69 Å². The third kappa shape index (κ3) is 5.64. The van der Waals surface area contributed by atoms with Crippen molar-refractivity contribution in [3.63, 3.8) is 0 Å². The maximum Gasteiger partial charge on any atom is 0.296 e. The van der Waals surface area contributed by atoms with Crippen molar-refractivity contribution < 1.29 is 19.1 Å². The van der Waals surface area contributed by atoms with Crippen LogP contribution in [0.25, 0.3) is 11.3 Å². The van der Waals surface area contributed by atoms with E-state index in [9.17, 15) is 10.1 Å². The maximum absolute atomic E-state index is 11.8. The molecule has 4 aromatic rings. The minimum atomic E-state index is -0.477. The van der Waals surface area contributed by atoms with Gasteiger partial charge in [0.1, 0.15) is 57.0 Å². The molecule has 0 bridgehead atoms. The summed E-state index contributed by atoms with van der Waals surface area (Å²) in [7, 11) is 2.97. The van der Waals surface area contributed by atoms with Crippen molar-refractivity contribution >= 4 is 51.9 Å². The topological polar surface area (TPSA) is 146 Å². The maximum atomic E-state index is 11.8. The van der Waals surface area contributed by atoms with E-state index in [1.807, 2.05) is 0 Å². The number of hydrogen-bond donors (Lipinski definition) is 3. The number of nitrogens with one attached hydrogen (secondary N) is 3. The van der Waals surface area contributed by atoms with Crippen molar-refractivity contribution in [2.24, 2.45) is 0 Å². The van der Waals surface area contributed by atoms with E-state index < -0.39 is 4.92 Å². The highest BCUT2D eigenvalue weighted by Crippen LogP contribution is 2.46. The van der Waals surface area contributed by atoms with Gasteiger partial charge in [0.2, 0.25) is 0 Å². The summed E-state index contributed by atoms with van der Waals surface area (Å²) >= 11 is 13.1. The first kappa shape index (κ1) is 27.2. The quantitative estimate of drug-likeness (QED) is 0.158. The van der Waals surface area contributed by atoms with Gasteiger partial charge < -0.3 is 30.2 Å². The van der Waals surface area contributed by atoms with Crippen LogP contribution in [0.3, 0.4) is 0 Å². The molecular formula is C26H23Cl2N7O5. The van der Waals surface area contributed by atoms with E-state index in [0.29, 0.717) is 58.9 Å². The number of nitrogens with zero attached hydrogens (tertiary/aromatic N) is 4. The largest absolute Gasteiger partial charge is 0.495 e. The molecule has 2 aromatic carbocycles. The van der Waals surface area contributed by atoms with Crippen LogP contribution in [0.5, 0.6) is 17.2 Å². The fourth-order valence-electron chi connectivity index (χ4n) is 3.92. The zero-order chi connectivity index (χ0) is 28.2. The van der Waals surface area contributed by atoms with E-state index >= 15 is 0 Å². The number of halogens is 2. The van der Waals surface area contributed by atoms with Gasteiger partial charge in [-0.25, -0.2) is 15.0 Å². The van der Waals surface area contributed by atoms with Crippen LogP contribution in [0.1, 0.15) is 0 Å². The van der Waals surface area contributed by atoms with Gasteiger partial charge in [0, 0.05) is 37.0 Å². The predicted octanol–water partition coefficient (Wildman–Crippen LogP) is 5.61. The molecule has 5 rings (SSSR count). The van der Waals surface area contributed by atoms with E-state index in [4.69, 9.17) is 37.4 Å². The summed E-state index contributed by atoms with van der Waals surface area (Å²) in [5, 5.41) is 21.5. The van der Waals surface area contributed by atoms with Crippen molar-refractivity contribution in [2.45, 2.75) is 6.10 Å². The summed E-state index contributed by atoms with van der Waals surface area (Å²) < 4.78 is 16.5. The molecule has 1 fully saturated rings. The van der Waals surface area contributed by atoms with Crippen molar-refractivity contribution in [1.29, 1.82) is 0 Å². The lowest BCUT2D eigenvalue weighted by Gasteiger charge is -2.27. The fourth-order valence-corrected chi connectivity index (χ4v) is 4.51. The molecule has 1 aliphatic rings. The smallest absolute Gasteiger partial charge is 0.296 e. The third-order valence-corrected chi connectivity index (χ3v) is 6.79. The Morgan fingerprint density at radius 3 is 2.40 bits per heavy atom. The number of methoxy groups -OCH3 is 2. The first-order valence-corrected chi connectivity index (χ1v) is 12.7. The van der Waals surface area contributed by atoms with Gasteiger partial charge in [-0.1, -0.05) is 23.2 Å². The molecule has 206 valence electrons. The standard InChI is InChI=1S/C26H23Cl2N7O5/c1-38-20-10-21(39-2)24(28)25(23(20)27)34-26-16(4-3-7-30-26)18-9-22(32-13-31-18)33-17-6-5-14(8-19(17)35(36)37)40-15-11-29-12-15/h3-10,13,15,29H,11-12H2,1-2H3,(H,30,34)(H,31,32,33). The monoisotopic (exact) mass is 583 g/mol. The highest BCUT2D eigenvalue weighted by atomic mass is 35.5. The highest BCUT2D eigenvalue weighted by Gasteiger charge is 2.22. The molecule has 2 aromatic heterocycles. The Labute approximate surface area is 238 Å². The third-order valence-electron chi connectivity index (χ3n) is 6.04. The highest BCUT2D eigenvalue weighted by molar-refractivity contribution is 6.41. The molecule has 1 saturated heterocycles. The Balaban J connectivity index is 1.45. The molecule has 0 radical (unpaired) electrons. The zero-order valence-electron chi connectivity index (χ0n) is 21.3. The van der Waals surface area contributed by atoms with Gasteiger partial charge in [0.15, 0.2) is 0 Å².